The van der Waals surface area contributed by atoms with E-state index in [0.717, 1.165) is 5.56 Å². The zero-order chi connectivity index (χ0) is 24.6. The lowest BCUT2D eigenvalue weighted by molar-refractivity contribution is -0.0221. The summed E-state index contributed by atoms with van der Waals surface area (Å²) in [6.45, 7) is 3.55. The van der Waals surface area contributed by atoms with Gasteiger partial charge in [0, 0.05) is 43.4 Å². The number of halogens is 2. The zero-order valence-corrected chi connectivity index (χ0v) is 18.7. The van der Waals surface area contributed by atoms with E-state index in [9.17, 15) is 28.7 Å². The minimum atomic E-state index is -2.78. The summed E-state index contributed by atoms with van der Waals surface area (Å²) in [5.41, 5.74) is 1.33. The average molecular weight is 467 g/mol. The summed E-state index contributed by atoms with van der Waals surface area (Å²) in [5, 5.41) is 22.3. The van der Waals surface area contributed by atoms with Crippen molar-refractivity contribution in [2.45, 2.75) is 38.7 Å². The fourth-order valence-corrected chi connectivity index (χ4v) is 4.19. The van der Waals surface area contributed by atoms with Gasteiger partial charge in [0.2, 0.25) is 0 Å². The number of hydrogen-bond donors (Lipinski definition) is 2. The highest BCUT2D eigenvalue weighted by molar-refractivity contribution is 5.94. The average Bonchev–Trinajstić information content (AvgIpc) is 2.79. The molecule has 176 valence electrons. The van der Waals surface area contributed by atoms with Crippen LogP contribution >= 0.6 is 0 Å². The van der Waals surface area contributed by atoms with E-state index in [1.54, 1.807) is 43.1 Å². The number of nitrogens with one attached hydrogen (secondary N) is 1. The quantitative estimate of drug-likeness (QED) is 0.584. The molecule has 0 bridgehead atoms. The fraction of sp³-hybridized carbons (Fsp3) is 0.333. The van der Waals surface area contributed by atoms with Crippen molar-refractivity contribution in [3.8, 4) is 6.07 Å². The number of rotatable bonds is 5. The number of piperidine rings is 1. The molecule has 0 saturated carbocycles. The van der Waals surface area contributed by atoms with Gasteiger partial charge in [0.25, 0.3) is 11.5 Å². The molecule has 3 aromatic rings. The summed E-state index contributed by atoms with van der Waals surface area (Å²) in [4.78, 5) is 31.0. The van der Waals surface area contributed by atoms with E-state index in [0.29, 0.717) is 11.3 Å². The highest BCUT2D eigenvalue weighted by Gasteiger charge is 2.35. The van der Waals surface area contributed by atoms with Crippen LogP contribution in [0.3, 0.4) is 0 Å². The van der Waals surface area contributed by atoms with Crippen LogP contribution in [0.15, 0.2) is 41.3 Å². The predicted octanol–water partition coefficient (Wildman–Crippen LogP) is 3.98. The molecule has 34 heavy (non-hydrogen) atoms. The summed E-state index contributed by atoms with van der Waals surface area (Å²) in [6.07, 6.45) is 0.800. The molecule has 2 N–H and O–H groups in total. The number of nitriles is 1. The number of fused-ring (bicyclic) bond motifs is 1. The van der Waals surface area contributed by atoms with E-state index >= 15 is 0 Å². The first-order chi connectivity index (χ1) is 16.1. The van der Waals surface area contributed by atoms with Crippen molar-refractivity contribution in [3.05, 3.63) is 69.1 Å². The number of para-hydroxylation sites is 1. The van der Waals surface area contributed by atoms with Crippen LogP contribution < -0.4 is 15.8 Å². The van der Waals surface area contributed by atoms with Gasteiger partial charge in [-0.2, -0.15) is 5.26 Å². The molecule has 0 radical (unpaired) electrons. The van der Waals surface area contributed by atoms with E-state index in [-0.39, 0.29) is 48.5 Å². The number of aryl methyl sites for hydroxylation is 1. The third-order valence-electron chi connectivity index (χ3n) is 5.97. The molecule has 1 saturated heterocycles. The first-order valence-corrected chi connectivity index (χ1v) is 10.8. The van der Waals surface area contributed by atoms with Crippen LogP contribution in [-0.4, -0.2) is 39.5 Å². The van der Waals surface area contributed by atoms with Crippen LogP contribution in [0.2, 0.25) is 0 Å². The first-order valence-electron chi connectivity index (χ1n) is 10.8. The molecule has 10 heteroatoms. The topological polar surface area (TPSA) is 111 Å². The van der Waals surface area contributed by atoms with E-state index in [2.05, 4.69) is 10.3 Å². The van der Waals surface area contributed by atoms with Gasteiger partial charge in [0.15, 0.2) is 11.4 Å². The van der Waals surface area contributed by atoms with E-state index < -0.39 is 23.5 Å². The molecule has 4 rings (SSSR count). The van der Waals surface area contributed by atoms with Gasteiger partial charge < -0.3 is 15.3 Å². The summed E-state index contributed by atoms with van der Waals surface area (Å²) in [6, 6.07) is 9.72. The predicted molar refractivity (Wildman–Crippen MR) is 123 cm³/mol. The minimum absolute atomic E-state index is 0.0225. The molecule has 1 atom stereocenters. The maximum atomic E-state index is 13.7. The molecule has 8 nitrogen and oxygen atoms in total. The van der Waals surface area contributed by atoms with Gasteiger partial charge in [-0.25, -0.2) is 18.6 Å². The number of carboxylic acid groups (broad SMARTS) is 1. The van der Waals surface area contributed by atoms with Gasteiger partial charge in [0.05, 0.1) is 11.6 Å². The highest BCUT2D eigenvalue weighted by atomic mass is 19.3. The SMILES string of the molecule is Cc1cc(C(C)Nc2ccccc2C(=O)O)c2nc(N3CCC(F)(F)CC3)c(C#N)c(=O)n2c1. The number of aromatic nitrogens is 2. The molecule has 0 spiro atoms. The smallest absolute Gasteiger partial charge is 0.337 e. The molecular formula is C24H23F2N5O3. The lowest BCUT2D eigenvalue weighted by atomic mass is 10.0. The number of carbonyl (C=O) groups is 1. The monoisotopic (exact) mass is 467 g/mol. The maximum absolute atomic E-state index is 13.7. The molecule has 1 aromatic carbocycles. The Morgan fingerprint density at radius 1 is 1.29 bits per heavy atom. The molecule has 3 heterocycles. The van der Waals surface area contributed by atoms with Crippen LogP contribution in [0, 0.1) is 18.3 Å². The van der Waals surface area contributed by atoms with Crippen LogP contribution in [0.4, 0.5) is 20.3 Å². The van der Waals surface area contributed by atoms with E-state index in [1.807, 2.05) is 12.1 Å². The van der Waals surface area contributed by atoms with Crippen LogP contribution in [0.25, 0.3) is 5.65 Å². The molecule has 0 amide bonds. The number of anilines is 2. The summed E-state index contributed by atoms with van der Waals surface area (Å²) in [5.74, 6) is -3.78. The number of pyridine rings is 1. The van der Waals surface area contributed by atoms with Gasteiger partial charge >= 0.3 is 5.97 Å². The van der Waals surface area contributed by atoms with Crippen molar-refractivity contribution < 1.29 is 18.7 Å². The Labute approximate surface area is 194 Å². The molecule has 2 aromatic heterocycles. The number of carboxylic acids is 1. The van der Waals surface area contributed by atoms with Crippen LogP contribution in [0.1, 0.15) is 52.9 Å². The third-order valence-corrected chi connectivity index (χ3v) is 5.97. The van der Waals surface area contributed by atoms with E-state index in [4.69, 9.17) is 0 Å². The minimum Gasteiger partial charge on any atom is -0.478 e. The number of alkyl halides is 2. The lowest BCUT2D eigenvalue weighted by Gasteiger charge is -2.33. The molecule has 1 fully saturated rings. The lowest BCUT2D eigenvalue weighted by Crippen LogP contribution is -2.41. The Balaban J connectivity index is 1.83. The molecule has 0 aliphatic carbocycles. The summed E-state index contributed by atoms with van der Waals surface area (Å²) < 4.78 is 28.7. The molecule has 1 aliphatic rings. The number of nitrogens with zero attached hydrogens (tertiary/aromatic N) is 4. The second-order valence-corrected chi connectivity index (χ2v) is 8.45. The van der Waals surface area contributed by atoms with Crippen molar-refractivity contribution in [1.82, 2.24) is 9.38 Å². The number of benzene rings is 1. The second-order valence-electron chi connectivity index (χ2n) is 8.45. The Hall–Kier alpha value is -4.00. The fourth-order valence-electron chi connectivity index (χ4n) is 4.19. The van der Waals surface area contributed by atoms with Crippen LogP contribution in [-0.2, 0) is 0 Å². The van der Waals surface area contributed by atoms with Gasteiger partial charge in [-0.15, -0.1) is 0 Å². The van der Waals surface area contributed by atoms with E-state index in [1.165, 1.54) is 10.5 Å². The second kappa shape index (κ2) is 8.74. The Morgan fingerprint density at radius 2 is 1.97 bits per heavy atom. The summed E-state index contributed by atoms with van der Waals surface area (Å²) in [7, 11) is 0. The Morgan fingerprint density at radius 3 is 2.62 bits per heavy atom. The Bertz CT molecular complexity index is 1370. The van der Waals surface area contributed by atoms with Crippen molar-refractivity contribution in [1.29, 1.82) is 5.26 Å². The van der Waals surface area contributed by atoms with Gasteiger partial charge in [-0.05, 0) is 37.6 Å². The molecule has 1 aliphatic heterocycles. The standard InChI is InChI=1S/C24H23F2N5O3/c1-14-11-17(15(2)28-19-6-4-3-5-16(19)23(33)34)21-29-20(18(12-27)22(32)31(21)13-14)30-9-7-24(25,26)8-10-30/h3-6,11,13,15,28H,7-10H2,1-2H3,(H,33,34). The van der Waals surface area contributed by atoms with Crippen LogP contribution in [0.5, 0.6) is 0 Å². The van der Waals surface area contributed by atoms with Crippen molar-refractivity contribution >= 4 is 23.1 Å². The molecule has 1 unspecified atom stereocenters. The first kappa shape index (κ1) is 23.2. The largest absolute Gasteiger partial charge is 0.478 e. The normalized spacial score (nSPS) is 16.1. The zero-order valence-electron chi connectivity index (χ0n) is 18.7. The number of aromatic carboxylic acids is 1. The third kappa shape index (κ3) is 4.29. The molecular weight excluding hydrogens is 444 g/mol. The van der Waals surface area contributed by atoms with Gasteiger partial charge in [-0.3, -0.25) is 9.20 Å². The van der Waals surface area contributed by atoms with Gasteiger partial charge in [0.1, 0.15) is 11.7 Å². The Kier molecular flexibility index (Phi) is 5.96. The number of hydrogen-bond acceptors (Lipinski definition) is 6. The maximum Gasteiger partial charge on any atom is 0.337 e. The van der Waals surface area contributed by atoms with Gasteiger partial charge in [-0.1, -0.05) is 12.1 Å². The summed E-state index contributed by atoms with van der Waals surface area (Å²) >= 11 is 0. The van der Waals surface area contributed by atoms with Crippen molar-refractivity contribution in [2.75, 3.05) is 23.3 Å². The highest BCUT2D eigenvalue weighted by Crippen LogP contribution is 2.32. The van der Waals surface area contributed by atoms with Crippen molar-refractivity contribution in [3.63, 3.8) is 0 Å². The van der Waals surface area contributed by atoms with Crippen molar-refractivity contribution in [2.24, 2.45) is 0 Å².